The summed E-state index contributed by atoms with van der Waals surface area (Å²) in [6.45, 7) is 4.13. The lowest BCUT2D eigenvalue weighted by Crippen LogP contribution is -2.52. The van der Waals surface area contributed by atoms with Crippen molar-refractivity contribution < 1.29 is 4.79 Å². The summed E-state index contributed by atoms with van der Waals surface area (Å²) in [5.74, 6) is 1.25. The second-order valence-electron chi connectivity index (χ2n) is 8.02. The number of H-pyrrole nitrogens is 1. The number of thiophene rings is 1. The molecule has 2 unspecified atom stereocenters. The van der Waals surface area contributed by atoms with Gasteiger partial charge in [-0.15, -0.1) is 11.3 Å². The number of amides is 1. The maximum absolute atomic E-state index is 13.2. The van der Waals surface area contributed by atoms with Crippen LogP contribution in [0.5, 0.6) is 0 Å². The zero-order valence-corrected chi connectivity index (χ0v) is 16.2. The molecular weight excluding hydrogens is 354 g/mol. The fourth-order valence-electron chi connectivity index (χ4n) is 5.11. The van der Waals surface area contributed by atoms with E-state index in [4.69, 9.17) is 0 Å². The highest BCUT2D eigenvalue weighted by molar-refractivity contribution is 7.13. The van der Waals surface area contributed by atoms with Crippen LogP contribution in [0.3, 0.4) is 0 Å². The topological polar surface area (TPSA) is 49.0 Å². The molecule has 0 radical (unpaired) electrons. The molecule has 3 aromatic rings. The van der Waals surface area contributed by atoms with Crippen LogP contribution in [0.15, 0.2) is 54.2 Å². The number of benzene rings is 1. The highest BCUT2D eigenvalue weighted by atomic mass is 32.1. The molecule has 138 valence electrons. The molecule has 2 fully saturated rings. The van der Waals surface area contributed by atoms with Gasteiger partial charge in [-0.2, -0.15) is 5.10 Å². The van der Waals surface area contributed by atoms with Gasteiger partial charge >= 0.3 is 0 Å². The average molecular weight is 378 g/mol. The summed E-state index contributed by atoms with van der Waals surface area (Å²) in [7, 11) is 0. The largest absolute Gasteiger partial charge is 0.338 e. The Morgan fingerprint density at radius 2 is 1.96 bits per heavy atom. The molecule has 2 bridgehead atoms. The van der Waals surface area contributed by atoms with Crippen LogP contribution in [0, 0.1) is 11.8 Å². The molecule has 2 aliphatic rings. The molecule has 1 N–H and O–H groups in total. The number of nitrogens with one attached hydrogen (secondary N) is 1. The van der Waals surface area contributed by atoms with E-state index in [2.05, 4.69) is 52.4 Å². The molecule has 1 aromatic carbocycles. The molecule has 1 saturated heterocycles. The quantitative estimate of drug-likeness (QED) is 0.726. The van der Waals surface area contributed by atoms with Crippen LogP contribution in [0.4, 0.5) is 0 Å². The van der Waals surface area contributed by atoms with E-state index in [1.165, 1.54) is 18.4 Å². The molecule has 2 aromatic heterocycles. The van der Waals surface area contributed by atoms with E-state index in [0.717, 1.165) is 29.1 Å². The second kappa shape index (κ2) is 6.34. The molecule has 5 rings (SSSR count). The number of carbonyl (C=O) groups is 1. The molecular formula is C22H23N3OS. The SMILES string of the molecule is CC1(c2ccccc2)C2CCC1CN(C(=O)c1csc(-c3cn[nH]c3)c1)C2. The molecule has 4 nitrogen and oxygen atoms in total. The number of likely N-dealkylation sites (tertiary alicyclic amines) is 1. The van der Waals surface area contributed by atoms with E-state index < -0.39 is 0 Å². The Labute approximate surface area is 163 Å². The number of hydrogen-bond donors (Lipinski definition) is 1. The fourth-order valence-corrected chi connectivity index (χ4v) is 5.97. The minimum atomic E-state index is 0.174. The van der Waals surface area contributed by atoms with E-state index in [9.17, 15) is 4.79 Å². The van der Waals surface area contributed by atoms with E-state index in [0.29, 0.717) is 11.8 Å². The van der Waals surface area contributed by atoms with Gasteiger partial charge in [0.2, 0.25) is 0 Å². The monoisotopic (exact) mass is 377 g/mol. The van der Waals surface area contributed by atoms with Gasteiger partial charge in [0.05, 0.1) is 11.8 Å². The zero-order valence-electron chi connectivity index (χ0n) is 15.4. The molecule has 27 heavy (non-hydrogen) atoms. The number of piperidine rings is 1. The first-order valence-corrected chi connectivity index (χ1v) is 10.5. The third kappa shape index (κ3) is 2.64. The molecule has 2 atom stereocenters. The zero-order chi connectivity index (χ0) is 18.4. The van der Waals surface area contributed by atoms with E-state index >= 15 is 0 Å². The van der Waals surface area contributed by atoms with Gasteiger partial charge in [0.25, 0.3) is 5.91 Å². The number of aromatic amines is 1. The molecule has 1 aliphatic carbocycles. The predicted octanol–water partition coefficient (Wildman–Crippen LogP) is 4.58. The summed E-state index contributed by atoms with van der Waals surface area (Å²) in [6.07, 6.45) is 6.09. The fraction of sp³-hybridized carbons (Fsp3) is 0.364. The number of nitrogens with zero attached hydrogens (tertiary/aromatic N) is 2. The number of carbonyl (C=O) groups excluding carboxylic acids is 1. The highest BCUT2D eigenvalue weighted by Crippen LogP contribution is 2.53. The summed E-state index contributed by atoms with van der Waals surface area (Å²) >= 11 is 1.61. The third-order valence-electron chi connectivity index (χ3n) is 6.75. The summed E-state index contributed by atoms with van der Waals surface area (Å²) in [5.41, 5.74) is 3.46. The van der Waals surface area contributed by atoms with Crippen molar-refractivity contribution in [3.63, 3.8) is 0 Å². The Bertz CT molecular complexity index is 933. The van der Waals surface area contributed by atoms with Crippen molar-refractivity contribution in [3.8, 4) is 10.4 Å². The Hall–Kier alpha value is -2.40. The van der Waals surface area contributed by atoms with E-state index in [1.54, 1.807) is 17.5 Å². The van der Waals surface area contributed by atoms with Crippen molar-refractivity contribution in [2.45, 2.75) is 25.2 Å². The summed E-state index contributed by atoms with van der Waals surface area (Å²) < 4.78 is 0. The average Bonchev–Trinajstić information content (AvgIpc) is 3.41. The first-order valence-electron chi connectivity index (χ1n) is 9.58. The number of hydrogen-bond acceptors (Lipinski definition) is 3. The van der Waals surface area contributed by atoms with Gasteiger partial charge in [-0.3, -0.25) is 9.89 Å². The van der Waals surface area contributed by atoms with Crippen LogP contribution < -0.4 is 0 Å². The Morgan fingerprint density at radius 3 is 2.63 bits per heavy atom. The normalized spacial score (nSPS) is 27.1. The van der Waals surface area contributed by atoms with E-state index in [1.807, 2.05) is 17.6 Å². The van der Waals surface area contributed by atoms with Crippen LogP contribution in [-0.2, 0) is 5.41 Å². The maximum atomic E-state index is 13.2. The van der Waals surface area contributed by atoms with Gasteiger partial charge in [0.15, 0.2) is 0 Å². The summed E-state index contributed by atoms with van der Waals surface area (Å²) in [6, 6.07) is 12.9. The Balaban J connectivity index is 1.38. The molecule has 1 aliphatic heterocycles. The van der Waals surface area contributed by atoms with Gasteiger partial charge in [0.1, 0.15) is 0 Å². The lowest BCUT2D eigenvalue weighted by atomic mass is 9.66. The van der Waals surface area contributed by atoms with Gasteiger partial charge in [-0.25, -0.2) is 0 Å². The van der Waals surface area contributed by atoms with Crippen LogP contribution in [0.25, 0.3) is 10.4 Å². The van der Waals surface area contributed by atoms with Gasteiger partial charge in [0, 0.05) is 40.5 Å². The maximum Gasteiger partial charge on any atom is 0.254 e. The third-order valence-corrected chi connectivity index (χ3v) is 7.73. The van der Waals surface area contributed by atoms with Crippen LogP contribution in [0.2, 0.25) is 0 Å². The first-order chi connectivity index (χ1) is 13.2. The molecule has 3 heterocycles. The van der Waals surface area contributed by atoms with Gasteiger partial charge < -0.3 is 4.90 Å². The van der Waals surface area contributed by atoms with Crippen molar-refractivity contribution in [2.75, 3.05) is 13.1 Å². The number of rotatable bonds is 3. The van der Waals surface area contributed by atoms with Crippen molar-refractivity contribution in [1.82, 2.24) is 15.1 Å². The summed E-state index contributed by atoms with van der Waals surface area (Å²) in [4.78, 5) is 16.3. The summed E-state index contributed by atoms with van der Waals surface area (Å²) in [5, 5.41) is 8.82. The van der Waals surface area contributed by atoms with Crippen LogP contribution in [-0.4, -0.2) is 34.1 Å². The second-order valence-corrected chi connectivity index (χ2v) is 8.93. The molecule has 1 amide bonds. The Kier molecular flexibility index (Phi) is 3.93. The lowest BCUT2D eigenvalue weighted by Gasteiger charge is -2.46. The standard InChI is InChI=1S/C22H23N3OS/c1-22(17-5-3-2-4-6-17)18-7-8-19(22)13-25(12-18)21(26)15-9-20(27-14-15)16-10-23-24-11-16/h2-6,9-11,14,18-19H,7-8,12-13H2,1H3,(H,23,24). The predicted molar refractivity (Wildman–Crippen MR) is 108 cm³/mol. The highest BCUT2D eigenvalue weighted by Gasteiger charge is 2.52. The molecule has 0 spiro atoms. The van der Waals surface area contributed by atoms with E-state index in [-0.39, 0.29) is 11.3 Å². The van der Waals surface area contributed by atoms with Crippen molar-refractivity contribution in [1.29, 1.82) is 0 Å². The van der Waals surface area contributed by atoms with Crippen molar-refractivity contribution in [2.24, 2.45) is 11.8 Å². The minimum Gasteiger partial charge on any atom is -0.338 e. The van der Waals surface area contributed by atoms with Crippen LogP contribution in [0.1, 0.15) is 35.7 Å². The molecule has 5 heteroatoms. The number of fused-ring (bicyclic) bond motifs is 2. The van der Waals surface area contributed by atoms with Crippen LogP contribution >= 0.6 is 11.3 Å². The van der Waals surface area contributed by atoms with Crippen molar-refractivity contribution >= 4 is 17.2 Å². The smallest absolute Gasteiger partial charge is 0.254 e. The van der Waals surface area contributed by atoms with Crippen molar-refractivity contribution in [3.05, 3.63) is 65.3 Å². The number of aromatic nitrogens is 2. The lowest BCUT2D eigenvalue weighted by molar-refractivity contribution is 0.0521. The Morgan fingerprint density at radius 1 is 1.22 bits per heavy atom. The molecule has 1 saturated carbocycles. The minimum absolute atomic E-state index is 0.174. The van der Waals surface area contributed by atoms with Gasteiger partial charge in [-0.05, 0) is 36.3 Å². The van der Waals surface area contributed by atoms with Gasteiger partial charge in [-0.1, -0.05) is 37.3 Å². The first kappa shape index (κ1) is 16.8.